The van der Waals surface area contributed by atoms with E-state index >= 15 is 0 Å². The number of para-hydroxylation sites is 1. The molecule has 0 aliphatic carbocycles. The van der Waals surface area contributed by atoms with Crippen molar-refractivity contribution in [2.24, 2.45) is 0 Å². The Hall–Kier alpha value is -3.00. The molecule has 0 spiro atoms. The highest BCUT2D eigenvalue weighted by Gasteiger charge is 2.19. The molecule has 0 aliphatic heterocycles. The Labute approximate surface area is 159 Å². The molecular weight excluding hydrogens is 369 g/mol. The van der Waals surface area contributed by atoms with Crippen molar-refractivity contribution in [3.05, 3.63) is 60.4 Å². The van der Waals surface area contributed by atoms with E-state index in [9.17, 15) is 14.0 Å². The fourth-order valence-electron chi connectivity index (χ4n) is 2.34. The van der Waals surface area contributed by atoms with Crippen LogP contribution in [0.3, 0.4) is 0 Å². The van der Waals surface area contributed by atoms with Crippen LogP contribution in [0.5, 0.6) is 0 Å². The fourth-order valence-corrected chi connectivity index (χ4v) is 3.09. The Kier molecular flexibility index (Phi) is 5.97. The highest BCUT2D eigenvalue weighted by molar-refractivity contribution is 7.99. The molecule has 0 fully saturated rings. The van der Waals surface area contributed by atoms with Crippen molar-refractivity contribution in [1.29, 1.82) is 0 Å². The summed E-state index contributed by atoms with van der Waals surface area (Å²) in [5.74, 6) is -0.901. The van der Waals surface area contributed by atoms with E-state index < -0.39 is 11.8 Å². The molecule has 0 N–H and O–H groups in total. The minimum atomic E-state index is -0.537. The summed E-state index contributed by atoms with van der Waals surface area (Å²) >= 11 is 1.10. The zero-order valence-corrected chi connectivity index (χ0v) is 15.3. The number of thioether (sulfide) groups is 1. The van der Waals surface area contributed by atoms with E-state index in [2.05, 4.69) is 10.2 Å². The highest BCUT2D eigenvalue weighted by Crippen LogP contribution is 2.29. The van der Waals surface area contributed by atoms with Gasteiger partial charge < -0.3 is 4.74 Å². The molecule has 8 heteroatoms. The first-order valence-electron chi connectivity index (χ1n) is 8.10. The molecule has 0 aliphatic rings. The van der Waals surface area contributed by atoms with Gasteiger partial charge in [-0.15, -0.1) is 10.2 Å². The molecular formula is C19H16FN3O3S. The van der Waals surface area contributed by atoms with E-state index in [1.54, 1.807) is 22.8 Å². The largest absolute Gasteiger partial charge is 0.457 e. The van der Waals surface area contributed by atoms with E-state index in [1.807, 2.05) is 30.3 Å². The molecule has 3 aromatic rings. The van der Waals surface area contributed by atoms with Gasteiger partial charge in [0.1, 0.15) is 12.4 Å². The SMILES string of the molecule is CC(=O)COC(=O)CSc1nnc(-c2ccccc2F)n1-c1ccccc1. The van der Waals surface area contributed by atoms with Crippen LogP contribution in [0.25, 0.3) is 17.1 Å². The first-order valence-corrected chi connectivity index (χ1v) is 9.08. The van der Waals surface area contributed by atoms with Crippen molar-refractivity contribution >= 4 is 23.5 Å². The predicted molar refractivity (Wildman–Crippen MR) is 99.1 cm³/mol. The fraction of sp³-hybridized carbons (Fsp3) is 0.158. The van der Waals surface area contributed by atoms with E-state index in [1.165, 1.54) is 13.0 Å². The summed E-state index contributed by atoms with van der Waals surface area (Å²) in [5.41, 5.74) is 1.04. The van der Waals surface area contributed by atoms with Gasteiger partial charge >= 0.3 is 5.97 Å². The molecule has 0 saturated heterocycles. The number of esters is 1. The number of hydrogen-bond donors (Lipinski definition) is 0. The number of aromatic nitrogens is 3. The van der Waals surface area contributed by atoms with Gasteiger partial charge in [-0.2, -0.15) is 0 Å². The summed E-state index contributed by atoms with van der Waals surface area (Å²) in [4.78, 5) is 22.7. The summed E-state index contributed by atoms with van der Waals surface area (Å²) in [7, 11) is 0. The van der Waals surface area contributed by atoms with Crippen LogP contribution in [-0.4, -0.2) is 38.9 Å². The van der Waals surface area contributed by atoms with Crippen molar-refractivity contribution in [1.82, 2.24) is 14.8 Å². The molecule has 0 amide bonds. The number of rotatable bonds is 7. The maximum atomic E-state index is 14.3. The van der Waals surface area contributed by atoms with Gasteiger partial charge in [0, 0.05) is 5.69 Å². The Morgan fingerprint density at radius 2 is 1.78 bits per heavy atom. The Morgan fingerprint density at radius 3 is 2.48 bits per heavy atom. The van der Waals surface area contributed by atoms with Gasteiger partial charge in [0.2, 0.25) is 0 Å². The number of nitrogens with zero attached hydrogens (tertiary/aromatic N) is 3. The maximum Gasteiger partial charge on any atom is 0.316 e. The van der Waals surface area contributed by atoms with Crippen molar-refractivity contribution in [3.8, 4) is 17.1 Å². The summed E-state index contributed by atoms with van der Waals surface area (Å²) in [6.45, 7) is 1.08. The first-order chi connectivity index (χ1) is 13.1. The smallest absolute Gasteiger partial charge is 0.316 e. The molecule has 0 saturated carbocycles. The monoisotopic (exact) mass is 385 g/mol. The number of carbonyl (C=O) groups excluding carboxylic acids is 2. The van der Waals surface area contributed by atoms with Crippen molar-refractivity contribution in [2.75, 3.05) is 12.4 Å². The first kappa shape index (κ1) is 18.8. The molecule has 27 heavy (non-hydrogen) atoms. The third-order valence-corrected chi connectivity index (χ3v) is 4.42. The molecule has 0 unspecified atom stereocenters. The standard InChI is InChI=1S/C19H16FN3O3S/c1-13(24)11-26-17(25)12-27-19-22-21-18(15-9-5-6-10-16(15)20)23(19)14-7-3-2-4-8-14/h2-10H,11-12H2,1H3. The number of hydrogen-bond acceptors (Lipinski definition) is 6. The van der Waals surface area contributed by atoms with Crippen LogP contribution in [0.4, 0.5) is 4.39 Å². The summed E-state index contributed by atoms with van der Waals surface area (Å²) in [6.07, 6.45) is 0. The van der Waals surface area contributed by atoms with Crippen LogP contribution >= 0.6 is 11.8 Å². The van der Waals surface area contributed by atoms with Crippen LogP contribution in [-0.2, 0) is 14.3 Å². The summed E-state index contributed by atoms with van der Waals surface area (Å²) in [5, 5.41) is 8.65. The number of ether oxygens (including phenoxy) is 1. The lowest BCUT2D eigenvalue weighted by atomic mass is 10.2. The second-order valence-corrected chi connectivity index (χ2v) is 6.55. The maximum absolute atomic E-state index is 14.3. The number of benzene rings is 2. The Balaban J connectivity index is 1.92. The van der Waals surface area contributed by atoms with Gasteiger partial charge in [-0.1, -0.05) is 42.1 Å². The third kappa shape index (κ3) is 4.59. The average molecular weight is 385 g/mol. The summed E-state index contributed by atoms with van der Waals surface area (Å²) < 4.78 is 20.8. The lowest BCUT2D eigenvalue weighted by Crippen LogP contribution is -2.13. The predicted octanol–water partition coefficient (Wildman–Crippen LogP) is 3.30. The van der Waals surface area contributed by atoms with Gasteiger partial charge in [0.25, 0.3) is 0 Å². The van der Waals surface area contributed by atoms with E-state index in [0.29, 0.717) is 16.5 Å². The van der Waals surface area contributed by atoms with Crippen LogP contribution in [0.2, 0.25) is 0 Å². The molecule has 2 aromatic carbocycles. The summed E-state index contributed by atoms with van der Waals surface area (Å²) in [6, 6.07) is 15.5. The van der Waals surface area contributed by atoms with Crippen molar-refractivity contribution in [2.45, 2.75) is 12.1 Å². The molecule has 3 rings (SSSR count). The van der Waals surface area contributed by atoms with Crippen LogP contribution < -0.4 is 0 Å². The lowest BCUT2D eigenvalue weighted by Gasteiger charge is -2.10. The highest BCUT2D eigenvalue weighted by atomic mass is 32.2. The van der Waals surface area contributed by atoms with Gasteiger partial charge in [-0.05, 0) is 31.2 Å². The molecule has 6 nitrogen and oxygen atoms in total. The average Bonchev–Trinajstić information content (AvgIpc) is 3.09. The van der Waals surface area contributed by atoms with Crippen LogP contribution in [0, 0.1) is 5.82 Å². The third-order valence-electron chi connectivity index (χ3n) is 3.52. The van der Waals surface area contributed by atoms with Gasteiger partial charge in [0.05, 0.1) is 11.3 Å². The second-order valence-electron chi connectivity index (χ2n) is 5.61. The zero-order chi connectivity index (χ0) is 19.2. The van der Waals surface area contributed by atoms with Gasteiger partial charge in [0.15, 0.2) is 16.8 Å². The van der Waals surface area contributed by atoms with Crippen LogP contribution in [0.1, 0.15) is 6.92 Å². The molecule has 0 radical (unpaired) electrons. The minimum Gasteiger partial charge on any atom is -0.457 e. The van der Waals surface area contributed by atoms with Crippen LogP contribution in [0.15, 0.2) is 59.8 Å². The van der Waals surface area contributed by atoms with E-state index in [0.717, 1.165) is 17.4 Å². The number of halogens is 1. The molecule has 1 heterocycles. The quantitative estimate of drug-likeness (QED) is 0.459. The Bertz CT molecular complexity index is 960. The lowest BCUT2D eigenvalue weighted by molar-refractivity contribution is -0.144. The molecule has 138 valence electrons. The van der Waals surface area contributed by atoms with E-state index in [4.69, 9.17) is 4.74 Å². The zero-order valence-electron chi connectivity index (χ0n) is 14.5. The molecule has 1 aromatic heterocycles. The molecule has 0 bridgehead atoms. The van der Waals surface area contributed by atoms with Crippen molar-refractivity contribution < 1.29 is 18.7 Å². The van der Waals surface area contributed by atoms with E-state index in [-0.39, 0.29) is 18.1 Å². The Morgan fingerprint density at radius 1 is 1.07 bits per heavy atom. The number of Topliss-reactive ketones (excluding diaryl/α,β-unsaturated/α-hetero) is 1. The normalized spacial score (nSPS) is 10.6. The number of ketones is 1. The number of carbonyl (C=O) groups is 2. The minimum absolute atomic E-state index is 0.0461. The van der Waals surface area contributed by atoms with Gasteiger partial charge in [-0.25, -0.2) is 4.39 Å². The second kappa shape index (κ2) is 8.59. The van der Waals surface area contributed by atoms with Gasteiger partial charge in [-0.3, -0.25) is 14.2 Å². The molecule has 0 atom stereocenters. The van der Waals surface area contributed by atoms with Crippen molar-refractivity contribution in [3.63, 3.8) is 0 Å². The topological polar surface area (TPSA) is 74.1 Å².